The highest BCUT2D eigenvalue weighted by Crippen LogP contribution is 2.32. The molecule has 1 fully saturated rings. The van der Waals surface area contributed by atoms with Gasteiger partial charge in [0, 0.05) is 51.0 Å². The Morgan fingerprint density at radius 1 is 1.06 bits per heavy atom. The van der Waals surface area contributed by atoms with Crippen LogP contribution in [0.2, 0.25) is 0 Å². The van der Waals surface area contributed by atoms with E-state index in [2.05, 4.69) is 37.8 Å². The first kappa shape index (κ1) is 22.0. The Morgan fingerprint density at radius 3 is 2.47 bits per heavy atom. The summed E-state index contributed by atoms with van der Waals surface area (Å²) in [4.78, 5) is 28.2. The lowest BCUT2D eigenvalue weighted by atomic mass is 10.1. The van der Waals surface area contributed by atoms with Crippen LogP contribution in [0, 0.1) is 0 Å². The van der Waals surface area contributed by atoms with Crippen molar-refractivity contribution in [1.82, 2.24) is 24.5 Å². The fourth-order valence-electron chi connectivity index (χ4n) is 3.82. The Hall–Kier alpha value is -3.17. The summed E-state index contributed by atoms with van der Waals surface area (Å²) in [7, 11) is 0. The molecule has 32 heavy (non-hydrogen) atoms. The van der Waals surface area contributed by atoms with Crippen LogP contribution in [0.25, 0.3) is 22.2 Å². The number of aromatic nitrogens is 3. The third-order valence-corrected chi connectivity index (χ3v) is 5.35. The third-order valence-electron chi connectivity index (χ3n) is 5.35. The first-order valence-corrected chi connectivity index (χ1v) is 10.8. The molecule has 1 aromatic carbocycles. The Balaban J connectivity index is 1.39. The van der Waals surface area contributed by atoms with Gasteiger partial charge in [0.2, 0.25) is 0 Å². The van der Waals surface area contributed by atoms with Gasteiger partial charge in [-0.15, -0.1) is 5.06 Å². The zero-order valence-electron chi connectivity index (χ0n) is 18.8. The number of hydroxylamine groups is 2. The fourth-order valence-corrected chi connectivity index (χ4v) is 3.82. The largest absolute Gasteiger partial charge is 0.528 e. The fraction of sp³-hybridized carbons (Fsp3) is 0.435. The summed E-state index contributed by atoms with van der Waals surface area (Å²) in [6.45, 7) is 9.94. The average molecular weight is 439 g/mol. The van der Waals surface area contributed by atoms with Gasteiger partial charge in [-0.2, -0.15) is 0 Å². The number of nitrogens with zero attached hydrogens (tertiary/aromatic N) is 5. The topological polar surface area (TPSA) is 98.7 Å². The predicted octanol–water partition coefficient (Wildman–Crippen LogP) is 3.16. The minimum absolute atomic E-state index is 0.487. The standard InChI is InChI=1S/C23H30N6O3/c1-23(2,3)31-22(30)32-29-13-10-27(11-14-29)9-12-28-15-18(17-7-5-4-6-8-17)19-20(24)25-16-26-21(19)28/h4-8,15-16H,9-14H2,1-3H3,(H2,24,25,26). The van der Waals surface area contributed by atoms with Crippen molar-refractivity contribution < 1.29 is 14.4 Å². The first-order chi connectivity index (χ1) is 15.3. The molecule has 2 aromatic heterocycles. The second-order valence-corrected chi connectivity index (χ2v) is 8.89. The second kappa shape index (κ2) is 9.13. The molecule has 0 saturated carbocycles. The van der Waals surface area contributed by atoms with Crippen molar-refractivity contribution >= 4 is 23.0 Å². The predicted molar refractivity (Wildman–Crippen MR) is 123 cm³/mol. The lowest BCUT2D eigenvalue weighted by Crippen LogP contribution is -2.48. The van der Waals surface area contributed by atoms with Crippen molar-refractivity contribution in [3.8, 4) is 11.1 Å². The molecule has 0 radical (unpaired) electrons. The highest BCUT2D eigenvalue weighted by molar-refractivity contribution is 6.00. The van der Waals surface area contributed by atoms with Crippen molar-refractivity contribution in [2.75, 3.05) is 38.5 Å². The molecule has 0 unspecified atom stereocenters. The van der Waals surface area contributed by atoms with E-state index < -0.39 is 11.8 Å². The van der Waals surface area contributed by atoms with Crippen molar-refractivity contribution in [2.24, 2.45) is 0 Å². The third kappa shape index (κ3) is 5.17. The summed E-state index contributed by atoms with van der Waals surface area (Å²) in [5.74, 6) is 0.487. The Morgan fingerprint density at radius 2 is 1.78 bits per heavy atom. The zero-order valence-corrected chi connectivity index (χ0v) is 18.8. The monoisotopic (exact) mass is 438 g/mol. The Labute approximate surface area is 187 Å². The Kier molecular flexibility index (Phi) is 6.29. The number of benzene rings is 1. The number of rotatable bonds is 5. The van der Waals surface area contributed by atoms with E-state index in [4.69, 9.17) is 15.3 Å². The molecule has 0 aliphatic carbocycles. The summed E-state index contributed by atoms with van der Waals surface area (Å²) in [6, 6.07) is 10.1. The van der Waals surface area contributed by atoms with Gasteiger partial charge in [-0.1, -0.05) is 30.3 Å². The highest BCUT2D eigenvalue weighted by atomic mass is 16.8. The number of ether oxygens (including phenoxy) is 1. The van der Waals surface area contributed by atoms with Gasteiger partial charge in [-0.05, 0) is 26.3 Å². The minimum Gasteiger partial charge on any atom is -0.427 e. The molecule has 1 aliphatic heterocycles. The van der Waals surface area contributed by atoms with Crippen LogP contribution in [0.4, 0.5) is 10.6 Å². The van der Waals surface area contributed by atoms with Crippen LogP contribution in [0.1, 0.15) is 20.8 Å². The van der Waals surface area contributed by atoms with E-state index in [1.54, 1.807) is 5.06 Å². The van der Waals surface area contributed by atoms with Crippen molar-refractivity contribution in [1.29, 1.82) is 0 Å². The number of fused-ring (bicyclic) bond motifs is 1. The first-order valence-electron chi connectivity index (χ1n) is 10.8. The van der Waals surface area contributed by atoms with Crippen molar-refractivity contribution in [3.05, 3.63) is 42.9 Å². The van der Waals surface area contributed by atoms with E-state index in [1.807, 2.05) is 39.0 Å². The van der Waals surface area contributed by atoms with E-state index in [0.29, 0.717) is 18.9 Å². The van der Waals surface area contributed by atoms with E-state index in [0.717, 1.165) is 48.3 Å². The van der Waals surface area contributed by atoms with Crippen LogP contribution in [-0.4, -0.2) is 69.0 Å². The van der Waals surface area contributed by atoms with Gasteiger partial charge in [0.25, 0.3) is 0 Å². The summed E-state index contributed by atoms with van der Waals surface area (Å²) < 4.78 is 7.36. The van der Waals surface area contributed by atoms with Crippen LogP contribution in [-0.2, 0) is 16.1 Å². The van der Waals surface area contributed by atoms with Crippen LogP contribution in [0.3, 0.4) is 0 Å². The number of nitrogen functional groups attached to an aromatic ring is 1. The number of nitrogens with two attached hydrogens (primary N) is 1. The molecule has 9 nitrogen and oxygen atoms in total. The van der Waals surface area contributed by atoms with Gasteiger partial charge in [0.15, 0.2) is 0 Å². The lowest BCUT2D eigenvalue weighted by Gasteiger charge is -2.33. The highest BCUT2D eigenvalue weighted by Gasteiger charge is 2.24. The van der Waals surface area contributed by atoms with Crippen molar-refractivity contribution in [3.63, 3.8) is 0 Å². The summed E-state index contributed by atoms with van der Waals surface area (Å²) in [5, 5.41) is 2.55. The molecule has 3 heterocycles. The summed E-state index contributed by atoms with van der Waals surface area (Å²) in [6.07, 6.45) is 2.96. The molecule has 1 saturated heterocycles. The molecule has 3 aromatic rings. The molecule has 9 heteroatoms. The molecule has 4 rings (SSSR count). The molecule has 0 amide bonds. The van der Waals surface area contributed by atoms with E-state index in [1.165, 1.54) is 6.33 Å². The van der Waals surface area contributed by atoms with E-state index >= 15 is 0 Å². The maximum Gasteiger partial charge on any atom is 0.528 e. The van der Waals surface area contributed by atoms with E-state index in [9.17, 15) is 4.79 Å². The molecule has 2 N–H and O–H groups in total. The average Bonchev–Trinajstić information content (AvgIpc) is 3.13. The van der Waals surface area contributed by atoms with Gasteiger partial charge >= 0.3 is 6.16 Å². The summed E-state index contributed by atoms with van der Waals surface area (Å²) >= 11 is 0. The van der Waals surface area contributed by atoms with Crippen LogP contribution in [0.15, 0.2) is 42.9 Å². The number of anilines is 1. The van der Waals surface area contributed by atoms with Gasteiger partial charge in [0.1, 0.15) is 23.4 Å². The smallest absolute Gasteiger partial charge is 0.427 e. The van der Waals surface area contributed by atoms with Crippen LogP contribution in [0.5, 0.6) is 0 Å². The number of piperazine rings is 1. The SMILES string of the molecule is CC(C)(C)OC(=O)ON1CCN(CCn2cc(-c3ccccc3)c3c(N)ncnc32)CC1. The summed E-state index contributed by atoms with van der Waals surface area (Å²) in [5.41, 5.74) is 8.60. The molecule has 170 valence electrons. The molecule has 0 atom stereocenters. The number of hydrogen-bond donors (Lipinski definition) is 1. The van der Waals surface area contributed by atoms with Gasteiger partial charge in [0.05, 0.1) is 5.39 Å². The maximum absolute atomic E-state index is 11.9. The molecule has 1 aliphatic rings. The molecule has 0 bridgehead atoms. The number of carbonyl (C=O) groups excluding carboxylic acids is 1. The van der Waals surface area contributed by atoms with Gasteiger partial charge in [-0.25, -0.2) is 14.8 Å². The normalized spacial score (nSPS) is 15.7. The van der Waals surface area contributed by atoms with Crippen LogP contribution < -0.4 is 5.73 Å². The molecule has 0 spiro atoms. The maximum atomic E-state index is 11.9. The van der Waals surface area contributed by atoms with Gasteiger partial charge in [-0.3, -0.25) is 4.90 Å². The van der Waals surface area contributed by atoms with E-state index in [-0.39, 0.29) is 0 Å². The van der Waals surface area contributed by atoms with Crippen molar-refractivity contribution in [2.45, 2.75) is 32.9 Å². The second-order valence-electron chi connectivity index (χ2n) is 8.89. The minimum atomic E-state index is -0.657. The molecular formula is C23H30N6O3. The number of carbonyl (C=O) groups is 1. The zero-order chi connectivity index (χ0) is 22.7. The Bertz CT molecular complexity index is 1070. The molecular weight excluding hydrogens is 408 g/mol. The number of hydrogen-bond acceptors (Lipinski definition) is 8. The quantitative estimate of drug-likeness (QED) is 0.607. The van der Waals surface area contributed by atoms with Gasteiger partial charge < -0.3 is 19.9 Å². The van der Waals surface area contributed by atoms with Crippen LogP contribution >= 0.6 is 0 Å². The lowest BCUT2D eigenvalue weighted by molar-refractivity contribution is -0.158.